The summed E-state index contributed by atoms with van der Waals surface area (Å²) >= 11 is 0. The minimum absolute atomic E-state index is 0.0168. The van der Waals surface area contributed by atoms with Gasteiger partial charge in [0.15, 0.2) is 37.0 Å². The average molecular weight is 1470 g/mol. The van der Waals surface area contributed by atoms with Crippen LogP contribution >= 0.6 is 0 Å². The van der Waals surface area contributed by atoms with E-state index < -0.39 is 237 Å². The second-order valence-electron chi connectivity index (χ2n) is 26.6. The Morgan fingerprint density at radius 3 is 1.50 bits per heavy atom. The molecule has 5 fully saturated rings. The third kappa shape index (κ3) is 24.5. The number of carbonyl (C=O) groups is 16. The lowest BCUT2D eigenvalue weighted by molar-refractivity contribution is -0.349. The lowest BCUT2D eigenvalue weighted by Gasteiger charge is -2.49. The van der Waals surface area contributed by atoms with Crippen molar-refractivity contribution in [2.45, 2.75) is 257 Å². The lowest BCUT2D eigenvalue weighted by atomic mass is 9.94. The highest BCUT2D eigenvalue weighted by Gasteiger charge is 2.58. The van der Waals surface area contributed by atoms with E-state index in [1.165, 1.54) is 42.5 Å². The molecule has 10 amide bonds. The molecule has 5 heterocycles. The van der Waals surface area contributed by atoms with Gasteiger partial charge in [-0.2, -0.15) is 0 Å². The van der Waals surface area contributed by atoms with Gasteiger partial charge in [-0.1, -0.05) is 0 Å². The van der Waals surface area contributed by atoms with Gasteiger partial charge in [-0.15, -0.1) is 0 Å². The molecule has 5 saturated heterocycles. The van der Waals surface area contributed by atoms with Crippen molar-refractivity contribution in [1.82, 2.24) is 57.2 Å². The average Bonchev–Trinajstić information content (AvgIpc) is 1.61. The van der Waals surface area contributed by atoms with Crippen molar-refractivity contribution < 1.29 is 129 Å². The molecular formula is C65H101N11O27. The molecule has 5 aliphatic heterocycles. The molecule has 5 aliphatic rings. The molecule has 0 bridgehead atoms. The summed E-state index contributed by atoms with van der Waals surface area (Å²) in [5, 5.41) is 20.7. The lowest BCUT2D eigenvalue weighted by Crippen LogP contribution is -2.70. The molecule has 0 aromatic carbocycles. The van der Waals surface area contributed by atoms with Crippen molar-refractivity contribution in [2.75, 3.05) is 60.1 Å². The Labute approximate surface area is 596 Å². The number of rotatable bonds is 31. The fourth-order valence-electron chi connectivity index (χ4n) is 12.3. The summed E-state index contributed by atoms with van der Waals surface area (Å²) in [5.74, 6) is -13.5. The van der Waals surface area contributed by atoms with Crippen LogP contribution in [-0.2, 0) is 129 Å². The van der Waals surface area contributed by atoms with Crippen LogP contribution in [0, 0.1) is 0 Å². The molecule has 0 aromatic rings. The molecule has 103 heavy (non-hydrogen) atoms. The summed E-state index contributed by atoms with van der Waals surface area (Å²) in [6.07, 6.45) is -16.6. The topological polar surface area (TPSA) is 481 Å². The zero-order chi connectivity index (χ0) is 77.1. The van der Waals surface area contributed by atoms with Crippen LogP contribution in [0.1, 0.15) is 135 Å². The van der Waals surface area contributed by atoms with E-state index in [2.05, 4.69) is 42.5 Å². The first-order valence-corrected chi connectivity index (χ1v) is 34.0. The van der Waals surface area contributed by atoms with E-state index in [1.807, 2.05) is 0 Å². The smallest absolute Gasteiger partial charge is 0.303 e. The molecule has 5 rings (SSSR count). The van der Waals surface area contributed by atoms with Crippen LogP contribution in [0.25, 0.3) is 0 Å². The molecule has 578 valence electrons. The first-order chi connectivity index (χ1) is 48.3. The van der Waals surface area contributed by atoms with E-state index >= 15 is 9.59 Å². The number of ether oxygens (including phenoxy) is 11. The summed E-state index contributed by atoms with van der Waals surface area (Å²) in [4.78, 5) is 220. The highest BCUT2D eigenvalue weighted by atomic mass is 16.8. The highest BCUT2D eigenvalue weighted by molar-refractivity contribution is 5.98. The Morgan fingerprint density at radius 1 is 0.505 bits per heavy atom. The molecule has 0 saturated carbocycles. The monoisotopic (exact) mass is 1470 g/mol. The van der Waals surface area contributed by atoms with E-state index in [1.54, 1.807) is 34.7 Å². The number of likely N-dealkylation sites (N-methyl/N-ethyl adjacent to an activating group) is 2. The summed E-state index contributed by atoms with van der Waals surface area (Å²) in [6.45, 7) is 15.0. The number of amides is 10. The maximum atomic E-state index is 15.3. The van der Waals surface area contributed by atoms with E-state index in [-0.39, 0.29) is 38.4 Å². The van der Waals surface area contributed by atoms with Crippen molar-refractivity contribution in [3.63, 3.8) is 0 Å². The Morgan fingerprint density at radius 2 is 0.990 bits per heavy atom. The molecule has 13 unspecified atom stereocenters. The van der Waals surface area contributed by atoms with Crippen LogP contribution in [0.5, 0.6) is 0 Å². The zero-order valence-electron chi connectivity index (χ0n) is 61.0. The summed E-state index contributed by atoms with van der Waals surface area (Å²) < 4.78 is 65.1. The van der Waals surface area contributed by atoms with Gasteiger partial charge in [0.1, 0.15) is 79.9 Å². The van der Waals surface area contributed by atoms with Gasteiger partial charge in [-0.05, 0) is 94.0 Å². The molecule has 19 atom stereocenters. The number of hydrogen-bond donors (Lipinski definition) is 8. The van der Waals surface area contributed by atoms with Crippen LogP contribution in [0.2, 0.25) is 0 Å². The zero-order valence-corrected chi connectivity index (χ0v) is 61.0. The van der Waals surface area contributed by atoms with E-state index in [4.69, 9.17) is 52.1 Å². The number of esters is 6. The van der Waals surface area contributed by atoms with Gasteiger partial charge in [0, 0.05) is 75.1 Å². The van der Waals surface area contributed by atoms with Gasteiger partial charge < -0.3 is 109 Å². The Hall–Kier alpha value is -8.72. The fraction of sp³-hybridized carbons (Fsp3) is 0.754. The van der Waals surface area contributed by atoms with Gasteiger partial charge in [0.2, 0.25) is 59.1 Å². The van der Waals surface area contributed by atoms with Crippen LogP contribution in [0.4, 0.5) is 0 Å². The van der Waals surface area contributed by atoms with Crippen LogP contribution in [0.3, 0.4) is 0 Å². The molecule has 0 aromatic heterocycles. The normalized spacial score (nSPS) is 26.4. The molecule has 0 radical (unpaired) electrons. The number of nitrogens with zero attached hydrogens (tertiary/aromatic N) is 3. The minimum atomic E-state index is -2.09. The van der Waals surface area contributed by atoms with Crippen LogP contribution in [-0.4, -0.2) is 291 Å². The van der Waals surface area contributed by atoms with E-state index in [0.717, 1.165) is 48.5 Å². The van der Waals surface area contributed by atoms with E-state index in [0.29, 0.717) is 25.7 Å². The minimum Gasteiger partial charge on any atom is -0.463 e. The van der Waals surface area contributed by atoms with Crippen molar-refractivity contribution in [3.05, 3.63) is 0 Å². The summed E-state index contributed by atoms with van der Waals surface area (Å²) in [7, 11) is 2.98. The molecule has 8 N–H and O–H groups in total. The Bertz CT molecular complexity index is 3110. The Kier molecular flexibility index (Phi) is 31.9. The van der Waals surface area contributed by atoms with Gasteiger partial charge in [0.05, 0.1) is 30.9 Å². The third-order valence-electron chi connectivity index (χ3n) is 17.2. The molecule has 0 spiro atoms. The molecule has 0 aliphatic carbocycles. The SMILES string of the molecule is CNC(=O)C(C)NC(=O)C1CCCN1C(=O)C1CCCN1C(=O)C(C)NC(=O)C(NC(=O)C(COC(C)(C)C)NC(=O)CNC(=O)C1CCCN1C(=O)C(C)NC)C(C)O[C@H]1OC(COC(C)=O)[C@H](OC(C)=O)C(O[C@@H]2OC(COC(C)=O)[C@H](OC(C)=O)C(OC(C)=O)[C@@H]2OC(C)=O)[C@@H]1NC(C)=O. The van der Waals surface area contributed by atoms with Crippen LogP contribution < -0.4 is 42.5 Å². The van der Waals surface area contributed by atoms with E-state index in [9.17, 15) is 67.1 Å². The highest BCUT2D eigenvalue weighted by Crippen LogP contribution is 2.36. The largest absolute Gasteiger partial charge is 0.463 e. The van der Waals surface area contributed by atoms with Gasteiger partial charge in [0.25, 0.3) is 0 Å². The van der Waals surface area contributed by atoms with Crippen LogP contribution in [0.15, 0.2) is 0 Å². The second-order valence-corrected chi connectivity index (χ2v) is 26.6. The predicted octanol–water partition coefficient (Wildman–Crippen LogP) is -4.18. The molecular weight excluding hydrogens is 1370 g/mol. The first-order valence-electron chi connectivity index (χ1n) is 34.0. The van der Waals surface area contributed by atoms with Gasteiger partial charge in [-0.3, -0.25) is 76.7 Å². The maximum Gasteiger partial charge on any atom is 0.303 e. The standard InChI is InChI=1S/C65H101N11O27/c1-30(55(85)67-16)69-58(88)43-21-18-24-75(43)62(92)44-22-19-25-76(44)61(91)32(3)70-59(89)48(73-56(86)41(27-95-65(12,13)14)72-47(84)26-68-57(87)42-20-17-23-74(42)60(90)31(2)66-15)33(4)96-63-49(71-34(5)77)52(50(97-37(8)80)45(101-63)28-93-35(6)78)103-64-54(100-40(11)83)53(99-39(10)82)51(98-38(9)81)46(102-64)29-94-36(7)79/h30-33,41-46,48-54,63-64,66H,17-29H2,1-16H3,(H,67,85)(H,68,87)(H,69,88)(H,70,89)(H,71,77)(H,72,84)(H,73,86)/t30?,31?,32?,33?,41?,42?,43?,44?,45?,46?,48?,49-,50-,51-,52?,53?,54-,63-,64-/m0/s1. The number of likely N-dealkylation sites (tertiary alicyclic amines) is 3. The Balaban J connectivity index is 1.61. The molecule has 38 nitrogen and oxygen atoms in total. The maximum absolute atomic E-state index is 15.3. The quantitative estimate of drug-likeness (QED) is 0.0241. The second kappa shape index (κ2) is 38.7. The number of hydrogen-bond acceptors (Lipinski definition) is 28. The first kappa shape index (κ1) is 84.9. The van der Waals surface area contributed by atoms with Crippen molar-refractivity contribution >= 4 is 94.9 Å². The summed E-state index contributed by atoms with van der Waals surface area (Å²) in [6, 6.07) is -11.8. The summed E-state index contributed by atoms with van der Waals surface area (Å²) in [5.41, 5.74) is -0.997. The van der Waals surface area contributed by atoms with Crippen molar-refractivity contribution in [1.29, 1.82) is 0 Å². The van der Waals surface area contributed by atoms with Crippen molar-refractivity contribution in [2.24, 2.45) is 0 Å². The van der Waals surface area contributed by atoms with Crippen molar-refractivity contribution in [3.8, 4) is 0 Å². The number of nitrogens with one attached hydrogen (secondary N) is 8. The van der Waals surface area contributed by atoms with Gasteiger partial charge in [-0.25, -0.2) is 0 Å². The third-order valence-corrected chi connectivity index (χ3v) is 17.2. The van der Waals surface area contributed by atoms with Gasteiger partial charge >= 0.3 is 35.8 Å². The molecule has 38 heteroatoms. The predicted molar refractivity (Wildman–Crippen MR) is 350 cm³/mol. The number of carbonyl (C=O) groups excluding carboxylic acids is 16. The fourth-order valence-corrected chi connectivity index (χ4v) is 12.3.